The fourth-order valence-corrected chi connectivity index (χ4v) is 6.04. The van der Waals surface area contributed by atoms with Gasteiger partial charge in [0.25, 0.3) is 0 Å². The SMILES string of the molecule is COC(=O)c1cccc(-n2c(C)cc([C@H]3[C@@H](c4ccccn4)NC(=S)N3C3CCCC3)c2C)c1. The molecule has 0 unspecified atom stereocenters. The highest BCUT2D eigenvalue weighted by atomic mass is 32.1. The third-order valence-corrected chi connectivity index (χ3v) is 7.50. The summed E-state index contributed by atoms with van der Waals surface area (Å²) < 4.78 is 7.15. The summed E-state index contributed by atoms with van der Waals surface area (Å²) in [7, 11) is 1.41. The predicted octanol–water partition coefficient (Wildman–Crippen LogP) is 5.19. The van der Waals surface area contributed by atoms with Gasteiger partial charge in [-0.3, -0.25) is 4.98 Å². The lowest BCUT2D eigenvalue weighted by atomic mass is 9.95. The molecule has 5 rings (SSSR count). The van der Waals surface area contributed by atoms with Crippen molar-refractivity contribution in [3.8, 4) is 5.69 Å². The Bertz CT molecular complexity index is 1220. The molecule has 2 aliphatic rings. The van der Waals surface area contributed by atoms with E-state index in [1.54, 1.807) is 6.07 Å². The van der Waals surface area contributed by atoms with Gasteiger partial charge in [-0.2, -0.15) is 0 Å². The molecule has 3 heterocycles. The van der Waals surface area contributed by atoms with Crippen LogP contribution in [0.5, 0.6) is 0 Å². The lowest BCUT2D eigenvalue weighted by Crippen LogP contribution is -2.37. The lowest BCUT2D eigenvalue weighted by molar-refractivity contribution is 0.0600. The summed E-state index contributed by atoms with van der Waals surface area (Å²) in [4.78, 5) is 19.3. The summed E-state index contributed by atoms with van der Waals surface area (Å²) in [5.74, 6) is -0.336. The topological polar surface area (TPSA) is 59.4 Å². The van der Waals surface area contributed by atoms with Crippen molar-refractivity contribution in [2.24, 2.45) is 0 Å². The zero-order valence-corrected chi connectivity index (χ0v) is 20.6. The molecule has 176 valence electrons. The number of nitrogens with one attached hydrogen (secondary N) is 1. The minimum atomic E-state index is -0.336. The molecule has 3 aromatic rings. The van der Waals surface area contributed by atoms with E-state index in [1.165, 1.54) is 25.5 Å². The van der Waals surface area contributed by atoms with Gasteiger partial charge in [0, 0.05) is 29.3 Å². The molecule has 1 aliphatic heterocycles. The van der Waals surface area contributed by atoms with Crippen LogP contribution in [0.15, 0.2) is 54.7 Å². The van der Waals surface area contributed by atoms with E-state index < -0.39 is 0 Å². The summed E-state index contributed by atoms with van der Waals surface area (Å²) in [5, 5.41) is 4.41. The van der Waals surface area contributed by atoms with Crippen molar-refractivity contribution in [2.45, 2.75) is 57.7 Å². The second-order valence-corrected chi connectivity index (χ2v) is 9.56. The molecule has 1 aliphatic carbocycles. The van der Waals surface area contributed by atoms with Crippen molar-refractivity contribution in [3.63, 3.8) is 0 Å². The Morgan fingerprint density at radius 3 is 2.62 bits per heavy atom. The number of carbonyl (C=O) groups excluding carboxylic acids is 1. The maximum absolute atomic E-state index is 12.1. The largest absolute Gasteiger partial charge is 0.465 e. The van der Waals surface area contributed by atoms with E-state index in [4.69, 9.17) is 17.0 Å². The maximum Gasteiger partial charge on any atom is 0.337 e. The van der Waals surface area contributed by atoms with Gasteiger partial charge in [-0.15, -0.1) is 0 Å². The first kappa shape index (κ1) is 22.6. The van der Waals surface area contributed by atoms with Gasteiger partial charge in [0.15, 0.2) is 5.11 Å². The summed E-state index contributed by atoms with van der Waals surface area (Å²) >= 11 is 5.90. The fraction of sp³-hybridized carbons (Fsp3) is 0.370. The number of benzene rings is 1. The van der Waals surface area contributed by atoms with Gasteiger partial charge in [-0.1, -0.05) is 25.0 Å². The molecule has 1 aromatic carbocycles. The first-order valence-electron chi connectivity index (χ1n) is 11.9. The molecule has 1 saturated heterocycles. The Morgan fingerprint density at radius 2 is 1.91 bits per heavy atom. The number of hydrogen-bond acceptors (Lipinski definition) is 4. The van der Waals surface area contributed by atoms with Crippen LogP contribution in [-0.4, -0.2) is 38.7 Å². The number of carbonyl (C=O) groups is 1. The van der Waals surface area contributed by atoms with Crippen LogP contribution in [0.25, 0.3) is 5.69 Å². The molecule has 2 fully saturated rings. The number of aryl methyl sites for hydroxylation is 1. The Balaban J connectivity index is 1.62. The first-order chi connectivity index (χ1) is 16.5. The van der Waals surface area contributed by atoms with Gasteiger partial charge in [-0.25, -0.2) is 4.79 Å². The van der Waals surface area contributed by atoms with Crippen LogP contribution < -0.4 is 5.32 Å². The number of pyridine rings is 1. The molecule has 0 spiro atoms. The third-order valence-electron chi connectivity index (χ3n) is 7.17. The van der Waals surface area contributed by atoms with Crippen molar-refractivity contribution < 1.29 is 9.53 Å². The van der Waals surface area contributed by atoms with Crippen LogP contribution in [0.2, 0.25) is 0 Å². The molecular formula is C27H30N4O2S. The average Bonchev–Trinajstić information content (AvgIpc) is 3.56. The Morgan fingerprint density at radius 1 is 1.12 bits per heavy atom. The van der Waals surface area contributed by atoms with E-state index in [-0.39, 0.29) is 18.1 Å². The Kier molecular flexibility index (Phi) is 6.13. The quantitative estimate of drug-likeness (QED) is 0.406. The van der Waals surface area contributed by atoms with Gasteiger partial charge in [-0.05, 0) is 80.9 Å². The van der Waals surface area contributed by atoms with Crippen LogP contribution in [0, 0.1) is 13.8 Å². The molecule has 34 heavy (non-hydrogen) atoms. The van der Waals surface area contributed by atoms with Gasteiger partial charge in [0.2, 0.25) is 0 Å². The summed E-state index contributed by atoms with van der Waals surface area (Å²) in [6, 6.07) is 16.4. The minimum Gasteiger partial charge on any atom is -0.465 e. The van der Waals surface area contributed by atoms with Crippen molar-refractivity contribution in [1.82, 2.24) is 19.8 Å². The van der Waals surface area contributed by atoms with E-state index in [0.717, 1.165) is 40.7 Å². The number of ether oxygens (including phenoxy) is 1. The second kappa shape index (κ2) is 9.22. The van der Waals surface area contributed by atoms with E-state index in [1.807, 2.05) is 36.5 Å². The zero-order chi connectivity index (χ0) is 23.8. The molecule has 7 heteroatoms. The molecule has 1 N–H and O–H groups in total. The molecule has 2 aromatic heterocycles. The summed E-state index contributed by atoms with van der Waals surface area (Å²) in [6.07, 6.45) is 6.64. The Labute approximate surface area is 205 Å². The summed E-state index contributed by atoms with van der Waals surface area (Å²) in [5.41, 5.74) is 5.96. The van der Waals surface area contributed by atoms with Gasteiger partial charge in [0.1, 0.15) is 0 Å². The number of nitrogens with zero attached hydrogens (tertiary/aromatic N) is 3. The zero-order valence-electron chi connectivity index (χ0n) is 19.8. The molecule has 0 radical (unpaired) electrons. The number of esters is 1. The number of aromatic nitrogens is 2. The molecular weight excluding hydrogens is 444 g/mol. The highest BCUT2D eigenvalue weighted by Gasteiger charge is 2.44. The number of thiocarbonyl (C=S) groups is 1. The van der Waals surface area contributed by atoms with Gasteiger partial charge < -0.3 is 19.5 Å². The van der Waals surface area contributed by atoms with Crippen molar-refractivity contribution in [1.29, 1.82) is 0 Å². The number of hydrogen-bond donors (Lipinski definition) is 1. The highest BCUT2D eigenvalue weighted by molar-refractivity contribution is 7.80. The standard InChI is InChI=1S/C27H30N4O2S/c1-17-15-22(18(2)30(17)21-12-8-9-19(16-21)26(32)33-3)25-24(23-13-6-7-14-28-23)29-27(34)31(25)20-10-4-5-11-20/h6-9,12-16,20,24-25H,4-5,10-11H2,1-3H3,(H,29,34)/t24-,25+/m1/s1. The first-order valence-corrected chi connectivity index (χ1v) is 12.3. The van der Waals surface area contributed by atoms with E-state index in [2.05, 4.69) is 45.7 Å². The van der Waals surface area contributed by atoms with E-state index >= 15 is 0 Å². The van der Waals surface area contributed by atoms with Crippen molar-refractivity contribution in [3.05, 3.63) is 82.9 Å². The highest BCUT2D eigenvalue weighted by Crippen LogP contribution is 2.44. The van der Waals surface area contributed by atoms with E-state index in [0.29, 0.717) is 11.6 Å². The predicted molar refractivity (Wildman–Crippen MR) is 136 cm³/mol. The van der Waals surface area contributed by atoms with E-state index in [9.17, 15) is 4.79 Å². The average molecular weight is 475 g/mol. The van der Waals surface area contributed by atoms with Gasteiger partial charge >= 0.3 is 5.97 Å². The number of methoxy groups -OCH3 is 1. The lowest BCUT2D eigenvalue weighted by Gasteiger charge is -2.33. The smallest absolute Gasteiger partial charge is 0.337 e. The molecule has 0 amide bonds. The third kappa shape index (κ3) is 3.88. The van der Waals surface area contributed by atoms with Crippen LogP contribution in [0.4, 0.5) is 0 Å². The summed E-state index contributed by atoms with van der Waals surface area (Å²) in [6.45, 7) is 4.26. The fourth-order valence-electron chi connectivity index (χ4n) is 5.65. The normalized spacial score (nSPS) is 20.6. The van der Waals surface area contributed by atoms with Gasteiger partial charge in [0.05, 0.1) is 30.5 Å². The number of rotatable bonds is 5. The van der Waals surface area contributed by atoms with Crippen LogP contribution in [0.1, 0.15) is 70.8 Å². The minimum absolute atomic E-state index is 0.0235. The van der Waals surface area contributed by atoms with Crippen LogP contribution >= 0.6 is 12.2 Å². The van der Waals surface area contributed by atoms with Crippen molar-refractivity contribution in [2.75, 3.05) is 7.11 Å². The van der Waals surface area contributed by atoms with Crippen LogP contribution in [-0.2, 0) is 4.74 Å². The van der Waals surface area contributed by atoms with Crippen molar-refractivity contribution >= 4 is 23.3 Å². The monoisotopic (exact) mass is 474 g/mol. The molecule has 1 saturated carbocycles. The maximum atomic E-state index is 12.1. The Hall–Kier alpha value is -3.19. The molecule has 0 bridgehead atoms. The van der Waals surface area contributed by atoms with Crippen LogP contribution in [0.3, 0.4) is 0 Å². The molecule has 6 nitrogen and oxygen atoms in total. The second-order valence-electron chi connectivity index (χ2n) is 9.18. The molecule has 2 atom stereocenters.